The van der Waals surface area contributed by atoms with E-state index < -0.39 is 11.7 Å². The molecule has 0 bridgehead atoms. The van der Waals surface area contributed by atoms with Crippen molar-refractivity contribution < 1.29 is 14.3 Å². The first kappa shape index (κ1) is 24.6. The molecule has 35 heavy (non-hydrogen) atoms. The minimum Gasteiger partial charge on any atom is -0.495 e. The molecule has 0 saturated carbocycles. The molecule has 3 heterocycles. The lowest BCUT2D eigenvalue weighted by atomic mass is 9.94. The van der Waals surface area contributed by atoms with Crippen molar-refractivity contribution >= 4 is 28.9 Å². The topological polar surface area (TPSA) is 133 Å². The summed E-state index contributed by atoms with van der Waals surface area (Å²) in [6, 6.07) is 7.67. The van der Waals surface area contributed by atoms with Gasteiger partial charge in [0.1, 0.15) is 29.0 Å². The third kappa shape index (κ3) is 5.43. The number of fused-ring (bicyclic) bond motifs is 1. The summed E-state index contributed by atoms with van der Waals surface area (Å²) in [4.78, 5) is 18.8. The standard InChI is InChI=1S/C25H35N7O3/c1-25(2,3)35-24(33)30-19-6-5-17(13-20(19)34-4)18-14-21(32-22(18)23(27)28-15-29-32)31-11-8-16(7-10-26)9-12-31/h5-6,13-16H,7-12,26H2,1-4H3,(H,30,33)(H2,27,28,29). The van der Waals surface area contributed by atoms with E-state index in [1.54, 1.807) is 13.2 Å². The Balaban J connectivity index is 1.68. The first-order chi connectivity index (χ1) is 16.7. The quantitative estimate of drug-likeness (QED) is 0.483. The van der Waals surface area contributed by atoms with Crippen molar-refractivity contribution in [1.82, 2.24) is 14.6 Å². The molecule has 0 atom stereocenters. The number of ether oxygens (including phenoxy) is 2. The van der Waals surface area contributed by atoms with Gasteiger partial charge < -0.3 is 25.8 Å². The molecule has 1 fully saturated rings. The molecule has 1 saturated heterocycles. The van der Waals surface area contributed by atoms with Crippen LogP contribution < -0.4 is 26.4 Å². The van der Waals surface area contributed by atoms with Crippen LogP contribution in [-0.2, 0) is 4.74 Å². The summed E-state index contributed by atoms with van der Waals surface area (Å²) in [5.74, 6) is 2.54. The highest BCUT2D eigenvalue weighted by atomic mass is 16.6. The second-order valence-corrected chi connectivity index (χ2v) is 9.87. The molecule has 1 aliphatic heterocycles. The lowest BCUT2D eigenvalue weighted by molar-refractivity contribution is 0.0635. The molecule has 0 aliphatic carbocycles. The second-order valence-electron chi connectivity index (χ2n) is 9.87. The number of hydrogen-bond donors (Lipinski definition) is 3. The van der Waals surface area contributed by atoms with Gasteiger partial charge in [-0.3, -0.25) is 5.32 Å². The number of nitrogen functional groups attached to an aromatic ring is 1. The van der Waals surface area contributed by atoms with Gasteiger partial charge in [-0.25, -0.2) is 14.3 Å². The maximum atomic E-state index is 12.3. The molecule has 0 radical (unpaired) electrons. The lowest BCUT2D eigenvalue weighted by Crippen LogP contribution is -2.35. The van der Waals surface area contributed by atoms with Gasteiger partial charge in [-0.05, 0) is 76.3 Å². The van der Waals surface area contributed by atoms with Gasteiger partial charge in [-0.1, -0.05) is 6.07 Å². The van der Waals surface area contributed by atoms with Gasteiger partial charge in [-0.15, -0.1) is 0 Å². The van der Waals surface area contributed by atoms with Crippen molar-refractivity contribution in [3.63, 3.8) is 0 Å². The number of rotatable bonds is 6. The molecule has 5 N–H and O–H groups in total. The smallest absolute Gasteiger partial charge is 0.412 e. The van der Waals surface area contributed by atoms with Gasteiger partial charge in [0.2, 0.25) is 0 Å². The number of amides is 1. The number of aromatic nitrogens is 3. The van der Waals surface area contributed by atoms with E-state index in [2.05, 4.69) is 26.4 Å². The van der Waals surface area contributed by atoms with E-state index in [4.69, 9.17) is 20.9 Å². The molecule has 10 nitrogen and oxygen atoms in total. The predicted octanol–water partition coefficient (Wildman–Crippen LogP) is 3.90. The minimum absolute atomic E-state index is 0.397. The summed E-state index contributed by atoms with van der Waals surface area (Å²) < 4.78 is 12.8. The summed E-state index contributed by atoms with van der Waals surface area (Å²) in [5.41, 5.74) is 14.5. The number of benzene rings is 1. The highest BCUT2D eigenvalue weighted by Gasteiger charge is 2.25. The van der Waals surface area contributed by atoms with Crippen molar-refractivity contribution in [2.24, 2.45) is 11.7 Å². The molecule has 0 unspecified atom stereocenters. The number of methoxy groups -OCH3 is 1. The van der Waals surface area contributed by atoms with Crippen LogP contribution in [0, 0.1) is 5.92 Å². The second kappa shape index (κ2) is 9.99. The zero-order valence-electron chi connectivity index (χ0n) is 20.9. The van der Waals surface area contributed by atoms with Crippen LogP contribution in [-0.4, -0.2) is 53.0 Å². The number of piperidine rings is 1. The van der Waals surface area contributed by atoms with E-state index in [9.17, 15) is 4.79 Å². The van der Waals surface area contributed by atoms with Crippen LogP contribution in [0.2, 0.25) is 0 Å². The minimum atomic E-state index is -0.602. The molecule has 1 aromatic carbocycles. The number of carbonyl (C=O) groups is 1. The van der Waals surface area contributed by atoms with Crippen LogP contribution in [0.3, 0.4) is 0 Å². The highest BCUT2D eigenvalue weighted by Crippen LogP contribution is 2.38. The average molecular weight is 482 g/mol. The van der Waals surface area contributed by atoms with Crippen LogP contribution >= 0.6 is 0 Å². The molecule has 188 valence electrons. The van der Waals surface area contributed by atoms with E-state index >= 15 is 0 Å². The Labute approximate surface area is 205 Å². The van der Waals surface area contributed by atoms with E-state index in [1.807, 2.05) is 37.4 Å². The SMILES string of the molecule is COc1cc(-c2cc(N3CCC(CCN)CC3)n3ncnc(N)c23)ccc1NC(=O)OC(C)(C)C. The maximum absolute atomic E-state index is 12.3. The summed E-state index contributed by atoms with van der Waals surface area (Å²) in [6.45, 7) is 8.04. The van der Waals surface area contributed by atoms with E-state index in [0.717, 1.165) is 61.4 Å². The van der Waals surface area contributed by atoms with Gasteiger partial charge in [-0.2, -0.15) is 5.10 Å². The van der Waals surface area contributed by atoms with Crippen molar-refractivity contribution in [1.29, 1.82) is 0 Å². The zero-order valence-corrected chi connectivity index (χ0v) is 20.9. The Morgan fingerprint density at radius 2 is 1.97 bits per heavy atom. The number of nitrogens with one attached hydrogen (secondary N) is 1. The molecular weight excluding hydrogens is 446 g/mol. The average Bonchev–Trinajstić information content (AvgIpc) is 3.20. The van der Waals surface area contributed by atoms with Crippen LogP contribution in [0.5, 0.6) is 5.75 Å². The van der Waals surface area contributed by atoms with Crippen LogP contribution in [0.15, 0.2) is 30.6 Å². The largest absolute Gasteiger partial charge is 0.495 e. The maximum Gasteiger partial charge on any atom is 0.412 e. The van der Waals surface area contributed by atoms with Gasteiger partial charge in [0.25, 0.3) is 0 Å². The summed E-state index contributed by atoms with van der Waals surface area (Å²) >= 11 is 0. The predicted molar refractivity (Wildman–Crippen MR) is 138 cm³/mol. The molecule has 1 aliphatic rings. The van der Waals surface area contributed by atoms with Gasteiger partial charge in [0.05, 0.1) is 12.8 Å². The Kier molecular flexibility index (Phi) is 7.02. The van der Waals surface area contributed by atoms with Crippen molar-refractivity contribution in [3.05, 3.63) is 30.6 Å². The molecule has 2 aromatic heterocycles. The monoisotopic (exact) mass is 481 g/mol. The van der Waals surface area contributed by atoms with E-state index in [1.165, 1.54) is 6.33 Å². The van der Waals surface area contributed by atoms with Crippen molar-refractivity contribution in [2.45, 2.75) is 45.6 Å². The Morgan fingerprint density at radius 1 is 1.23 bits per heavy atom. The molecule has 1 amide bonds. The summed E-state index contributed by atoms with van der Waals surface area (Å²) in [7, 11) is 1.56. The van der Waals surface area contributed by atoms with E-state index in [0.29, 0.717) is 23.2 Å². The normalized spacial score (nSPS) is 14.8. The van der Waals surface area contributed by atoms with Crippen LogP contribution in [0.1, 0.15) is 40.0 Å². The Morgan fingerprint density at radius 3 is 2.63 bits per heavy atom. The summed E-state index contributed by atoms with van der Waals surface area (Å²) in [6.07, 6.45) is 4.19. The molecule has 10 heteroatoms. The molecular formula is C25H35N7O3. The third-order valence-electron chi connectivity index (χ3n) is 6.23. The Bertz CT molecular complexity index is 1190. The third-order valence-corrected chi connectivity index (χ3v) is 6.23. The first-order valence-electron chi connectivity index (χ1n) is 12.0. The first-order valence-corrected chi connectivity index (χ1v) is 12.0. The Hall–Kier alpha value is -3.53. The number of nitrogens with zero attached hydrogens (tertiary/aromatic N) is 4. The number of carbonyl (C=O) groups excluding carboxylic acids is 1. The number of hydrogen-bond acceptors (Lipinski definition) is 8. The van der Waals surface area contributed by atoms with Gasteiger partial charge in [0.15, 0.2) is 5.82 Å². The summed E-state index contributed by atoms with van der Waals surface area (Å²) in [5, 5.41) is 7.27. The fourth-order valence-corrected chi connectivity index (χ4v) is 4.56. The zero-order chi connectivity index (χ0) is 25.2. The lowest BCUT2D eigenvalue weighted by Gasteiger charge is -2.32. The van der Waals surface area contributed by atoms with Crippen molar-refractivity contribution in [2.75, 3.05) is 42.7 Å². The molecule has 3 aromatic rings. The van der Waals surface area contributed by atoms with Crippen molar-refractivity contribution in [3.8, 4) is 16.9 Å². The van der Waals surface area contributed by atoms with Gasteiger partial charge in [0, 0.05) is 18.7 Å². The van der Waals surface area contributed by atoms with Gasteiger partial charge >= 0.3 is 6.09 Å². The van der Waals surface area contributed by atoms with Crippen LogP contribution in [0.4, 0.5) is 22.1 Å². The highest BCUT2D eigenvalue weighted by molar-refractivity contribution is 5.93. The molecule has 4 rings (SSSR count). The fourth-order valence-electron chi connectivity index (χ4n) is 4.56. The number of anilines is 3. The fraction of sp³-hybridized carbons (Fsp3) is 0.480. The molecule has 0 spiro atoms. The van der Waals surface area contributed by atoms with E-state index in [-0.39, 0.29) is 0 Å². The van der Waals surface area contributed by atoms with Crippen LogP contribution in [0.25, 0.3) is 16.6 Å². The number of nitrogens with two attached hydrogens (primary N) is 2.